The molecular formula is C22H26F2N2O4S. The molecule has 6 nitrogen and oxygen atoms in total. The van der Waals surface area contributed by atoms with Crippen LogP contribution in [-0.4, -0.2) is 38.8 Å². The first-order valence-electron chi connectivity index (χ1n) is 10.1. The molecule has 2 aromatic carbocycles. The highest BCUT2D eigenvalue weighted by atomic mass is 32.2. The predicted octanol–water partition coefficient (Wildman–Crippen LogP) is 4.14. The van der Waals surface area contributed by atoms with Crippen LogP contribution in [0.1, 0.15) is 38.2 Å². The Hall–Kier alpha value is -2.52. The van der Waals surface area contributed by atoms with Gasteiger partial charge in [0.25, 0.3) is 0 Å². The Bertz CT molecular complexity index is 1070. The number of nitrogens with one attached hydrogen (secondary N) is 1. The molecule has 3 rings (SSSR count). The Labute approximate surface area is 181 Å². The number of sulfonamides is 1. The number of nitrogens with zero attached hydrogens (tertiary/aromatic N) is 1. The van der Waals surface area contributed by atoms with E-state index >= 15 is 0 Å². The SMILES string of the molecule is COc1ccc(C(C)C)cc1S(=O)(=O)N1CCC(C(=O)Nc2ccc(F)cc2F)CC1. The molecule has 0 aliphatic carbocycles. The van der Waals surface area contributed by atoms with Gasteiger partial charge >= 0.3 is 0 Å². The molecule has 1 aliphatic rings. The van der Waals surface area contributed by atoms with Gasteiger partial charge in [0, 0.05) is 25.1 Å². The fourth-order valence-electron chi connectivity index (χ4n) is 3.58. The molecule has 1 aliphatic heterocycles. The first-order valence-corrected chi connectivity index (χ1v) is 11.5. The molecule has 1 heterocycles. The summed E-state index contributed by atoms with van der Waals surface area (Å²) in [6.07, 6.45) is 0.583. The number of hydrogen-bond acceptors (Lipinski definition) is 4. The van der Waals surface area contributed by atoms with Crippen molar-refractivity contribution < 1.29 is 26.7 Å². The van der Waals surface area contributed by atoms with Gasteiger partial charge in [0.05, 0.1) is 12.8 Å². The number of piperidine rings is 1. The number of amides is 1. The van der Waals surface area contributed by atoms with E-state index in [4.69, 9.17) is 4.74 Å². The van der Waals surface area contributed by atoms with E-state index in [-0.39, 0.29) is 35.3 Å². The van der Waals surface area contributed by atoms with E-state index in [0.29, 0.717) is 18.9 Å². The number of carbonyl (C=O) groups is 1. The average molecular weight is 453 g/mol. The highest BCUT2D eigenvalue weighted by Crippen LogP contribution is 2.32. The van der Waals surface area contributed by atoms with Crippen LogP contribution in [0, 0.1) is 17.6 Å². The van der Waals surface area contributed by atoms with Crippen molar-refractivity contribution in [2.24, 2.45) is 5.92 Å². The summed E-state index contributed by atoms with van der Waals surface area (Å²) >= 11 is 0. The zero-order chi connectivity index (χ0) is 22.8. The molecule has 0 aromatic heterocycles. The van der Waals surface area contributed by atoms with Crippen LogP contribution in [0.2, 0.25) is 0 Å². The lowest BCUT2D eigenvalue weighted by Crippen LogP contribution is -2.41. The number of rotatable bonds is 6. The van der Waals surface area contributed by atoms with E-state index in [1.165, 1.54) is 11.4 Å². The Morgan fingerprint density at radius 2 is 1.81 bits per heavy atom. The van der Waals surface area contributed by atoms with Gasteiger partial charge < -0.3 is 10.1 Å². The maximum atomic E-state index is 13.8. The van der Waals surface area contributed by atoms with Gasteiger partial charge in [0.1, 0.15) is 22.3 Å². The Kier molecular flexibility index (Phi) is 6.96. The number of halogens is 2. The van der Waals surface area contributed by atoms with Gasteiger partial charge in [-0.3, -0.25) is 4.79 Å². The summed E-state index contributed by atoms with van der Waals surface area (Å²) < 4.78 is 59.9. The van der Waals surface area contributed by atoms with Crippen LogP contribution in [-0.2, 0) is 14.8 Å². The zero-order valence-corrected chi connectivity index (χ0v) is 18.5. The third-order valence-corrected chi connectivity index (χ3v) is 7.41. The van der Waals surface area contributed by atoms with Gasteiger partial charge in [-0.2, -0.15) is 4.31 Å². The molecule has 0 atom stereocenters. The quantitative estimate of drug-likeness (QED) is 0.715. The molecule has 0 unspecified atom stereocenters. The minimum absolute atomic E-state index is 0.100. The normalized spacial score (nSPS) is 15.8. The lowest BCUT2D eigenvalue weighted by Gasteiger charge is -2.31. The Morgan fingerprint density at radius 1 is 1.13 bits per heavy atom. The first kappa shape index (κ1) is 23.1. The maximum Gasteiger partial charge on any atom is 0.246 e. The number of methoxy groups -OCH3 is 1. The van der Waals surface area contributed by atoms with Crippen molar-refractivity contribution in [1.82, 2.24) is 4.31 Å². The molecule has 0 bridgehead atoms. The van der Waals surface area contributed by atoms with Crippen molar-refractivity contribution >= 4 is 21.6 Å². The highest BCUT2D eigenvalue weighted by molar-refractivity contribution is 7.89. The molecule has 168 valence electrons. The molecule has 2 aromatic rings. The fourth-order valence-corrected chi connectivity index (χ4v) is 5.24. The number of anilines is 1. The van der Waals surface area contributed by atoms with Crippen molar-refractivity contribution in [2.75, 3.05) is 25.5 Å². The number of ether oxygens (including phenoxy) is 1. The van der Waals surface area contributed by atoms with E-state index in [0.717, 1.165) is 17.7 Å². The van der Waals surface area contributed by atoms with Crippen LogP contribution in [0.5, 0.6) is 5.75 Å². The van der Waals surface area contributed by atoms with E-state index in [1.807, 2.05) is 19.9 Å². The van der Waals surface area contributed by atoms with E-state index in [1.54, 1.807) is 12.1 Å². The van der Waals surface area contributed by atoms with Gasteiger partial charge in [-0.25, -0.2) is 17.2 Å². The topological polar surface area (TPSA) is 75.7 Å². The van der Waals surface area contributed by atoms with Crippen molar-refractivity contribution in [2.45, 2.75) is 37.5 Å². The average Bonchev–Trinajstić information content (AvgIpc) is 2.75. The van der Waals surface area contributed by atoms with Crippen LogP contribution in [0.15, 0.2) is 41.3 Å². The van der Waals surface area contributed by atoms with E-state index in [2.05, 4.69) is 5.32 Å². The third kappa shape index (κ3) is 5.04. The van der Waals surface area contributed by atoms with Crippen LogP contribution < -0.4 is 10.1 Å². The minimum Gasteiger partial charge on any atom is -0.495 e. The molecule has 31 heavy (non-hydrogen) atoms. The molecule has 0 saturated carbocycles. The molecule has 1 N–H and O–H groups in total. The maximum absolute atomic E-state index is 13.8. The third-order valence-electron chi connectivity index (χ3n) is 5.49. The van der Waals surface area contributed by atoms with Crippen LogP contribution in [0.3, 0.4) is 0 Å². The summed E-state index contributed by atoms with van der Waals surface area (Å²) in [7, 11) is -2.38. The number of benzene rings is 2. The van der Waals surface area contributed by atoms with E-state index < -0.39 is 33.5 Å². The number of hydrogen-bond donors (Lipinski definition) is 1. The van der Waals surface area contributed by atoms with Gasteiger partial charge in [-0.1, -0.05) is 19.9 Å². The standard InChI is InChI=1S/C22H26F2N2O4S/c1-14(2)16-4-7-20(30-3)21(12-16)31(28,29)26-10-8-15(9-11-26)22(27)25-19-6-5-17(23)13-18(19)24/h4-7,12-15H,8-11H2,1-3H3,(H,25,27). The summed E-state index contributed by atoms with van der Waals surface area (Å²) in [4.78, 5) is 12.6. The molecule has 1 fully saturated rings. The van der Waals surface area contributed by atoms with Crippen LogP contribution in [0.4, 0.5) is 14.5 Å². The van der Waals surface area contributed by atoms with Gasteiger partial charge in [0.15, 0.2) is 0 Å². The zero-order valence-electron chi connectivity index (χ0n) is 17.7. The Morgan fingerprint density at radius 3 is 2.39 bits per heavy atom. The summed E-state index contributed by atoms with van der Waals surface area (Å²) in [6.45, 7) is 4.27. The lowest BCUT2D eigenvalue weighted by molar-refractivity contribution is -0.120. The minimum atomic E-state index is -3.81. The monoisotopic (exact) mass is 452 g/mol. The molecular weight excluding hydrogens is 426 g/mol. The lowest BCUT2D eigenvalue weighted by atomic mass is 9.97. The second-order valence-corrected chi connectivity index (χ2v) is 9.76. The molecule has 0 spiro atoms. The van der Waals surface area contributed by atoms with Crippen molar-refractivity contribution in [3.63, 3.8) is 0 Å². The molecule has 1 amide bonds. The fraction of sp³-hybridized carbons (Fsp3) is 0.409. The summed E-state index contributed by atoms with van der Waals surface area (Å²) in [6, 6.07) is 8.05. The van der Waals surface area contributed by atoms with Crippen molar-refractivity contribution in [3.05, 3.63) is 53.6 Å². The summed E-state index contributed by atoms with van der Waals surface area (Å²) in [5.41, 5.74) is 0.784. The summed E-state index contributed by atoms with van der Waals surface area (Å²) in [5.74, 6) is -2.05. The van der Waals surface area contributed by atoms with Crippen LogP contribution in [0.25, 0.3) is 0 Å². The van der Waals surface area contributed by atoms with Crippen molar-refractivity contribution in [3.8, 4) is 5.75 Å². The number of carbonyl (C=O) groups excluding carboxylic acids is 1. The second-order valence-electron chi connectivity index (χ2n) is 7.86. The van der Waals surface area contributed by atoms with Gasteiger partial charge in [-0.15, -0.1) is 0 Å². The largest absolute Gasteiger partial charge is 0.495 e. The first-order chi connectivity index (χ1) is 14.6. The predicted molar refractivity (Wildman–Crippen MR) is 114 cm³/mol. The van der Waals surface area contributed by atoms with Gasteiger partial charge in [-0.05, 0) is 48.6 Å². The highest BCUT2D eigenvalue weighted by Gasteiger charge is 2.34. The van der Waals surface area contributed by atoms with Crippen LogP contribution >= 0.6 is 0 Å². The smallest absolute Gasteiger partial charge is 0.246 e. The van der Waals surface area contributed by atoms with E-state index in [9.17, 15) is 22.0 Å². The van der Waals surface area contributed by atoms with Crippen molar-refractivity contribution in [1.29, 1.82) is 0 Å². The molecule has 1 saturated heterocycles. The van der Waals surface area contributed by atoms with Gasteiger partial charge in [0.2, 0.25) is 15.9 Å². The Balaban J connectivity index is 1.71. The molecule has 9 heteroatoms. The molecule has 0 radical (unpaired) electrons. The second kappa shape index (κ2) is 9.32. The summed E-state index contributed by atoms with van der Waals surface area (Å²) in [5, 5.41) is 2.46.